The number of rotatable bonds is 5. The number of nitrogens with zero attached hydrogens (tertiary/aromatic N) is 1. The predicted octanol–water partition coefficient (Wildman–Crippen LogP) is 2.02. The minimum Gasteiger partial charge on any atom is -0.340 e. The average molecular weight is 226 g/mol. The van der Waals surface area contributed by atoms with Crippen molar-refractivity contribution in [2.45, 2.75) is 52.5 Å². The third-order valence-electron chi connectivity index (χ3n) is 3.34. The summed E-state index contributed by atoms with van der Waals surface area (Å²) in [6, 6.07) is 0.445. The van der Waals surface area contributed by atoms with E-state index >= 15 is 0 Å². The van der Waals surface area contributed by atoms with Crippen LogP contribution in [0.1, 0.15) is 46.5 Å². The van der Waals surface area contributed by atoms with Crippen molar-refractivity contribution < 1.29 is 4.79 Å². The Kier molecular flexibility index (Phi) is 5.81. The smallest absolute Gasteiger partial charge is 0.225 e. The first-order chi connectivity index (χ1) is 7.65. The Morgan fingerprint density at radius 1 is 1.50 bits per heavy atom. The summed E-state index contributed by atoms with van der Waals surface area (Å²) in [5.41, 5.74) is 0. The van der Waals surface area contributed by atoms with E-state index in [1.54, 1.807) is 0 Å². The van der Waals surface area contributed by atoms with E-state index in [-0.39, 0.29) is 5.92 Å². The lowest BCUT2D eigenvalue weighted by Gasteiger charge is -2.33. The van der Waals surface area contributed by atoms with E-state index in [1.807, 2.05) is 4.90 Å². The standard InChI is InChI=1S/C13H26N2O/c1-4-5-6-7-11(2)13(16)15-9-8-14-12(3)10-15/h11-12,14H,4-10H2,1-3H3. The van der Waals surface area contributed by atoms with Gasteiger partial charge in [0, 0.05) is 31.6 Å². The molecule has 0 aliphatic carbocycles. The molecule has 1 saturated heterocycles. The third kappa shape index (κ3) is 4.12. The highest BCUT2D eigenvalue weighted by molar-refractivity contribution is 5.78. The zero-order valence-electron chi connectivity index (χ0n) is 11.0. The lowest BCUT2D eigenvalue weighted by molar-refractivity contribution is -0.136. The van der Waals surface area contributed by atoms with Gasteiger partial charge < -0.3 is 10.2 Å². The summed E-state index contributed by atoms with van der Waals surface area (Å²) in [5.74, 6) is 0.557. The highest BCUT2D eigenvalue weighted by atomic mass is 16.2. The van der Waals surface area contributed by atoms with Gasteiger partial charge >= 0.3 is 0 Å². The SMILES string of the molecule is CCCCCC(C)C(=O)N1CCNC(C)C1. The van der Waals surface area contributed by atoms with Gasteiger partial charge in [0.2, 0.25) is 5.91 Å². The Labute approximate surface area is 99.6 Å². The van der Waals surface area contributed by atoms with E-state index in [0.717, 1.165) is 26.1 Å². The second-order valence-electron chi connectivity index (χ2n) is 5.04. The van der Waals surface area contributed by atoms with E-state index in [4.69, 9.17) is 0 Å². The maximum atomic E-state index is 12.1. The Morgan fingerprint density at radius 3 is 2.88 bits per heavy atom. The van der Waals surface area contributed by atoms with Crippen molar-refractivity contribution in [2.75, 3.05) is 19.6 Å². The molecule has 2 unspecified atom stereocenters. The average Bonchev–Trinajstić information content (AvgIpc) is 2.28. The zero-order valence-corrected chi connectivity index (χ0v) is 11.0. The highest BCUT2D eigenvalue weighted by Crippen LogP contribution is 2.13. The molecule has 1 N–H and O–H groups in total. The molecule has 0 saturated carbocycles. The number of unbranched alkanes of at least 4 members (excludes halogenated alkanes) is 2. The molecule has 0 bridgehead atoms. The normalized spacial score (nSPS) is 23.2. The molecular formula is C13H26N2O. The van der Waals surface area contributed by atoms with Crippen LogP contribution >= 0.6 is 0 Å². The topological polar surface area (TPSA) is 32.3 Å². The Hall–Kier alpha value is -0.570. The van der Waals surface area contributed by atoms with Crippen LogP contribution in [0.2, 0.25) is 0 Å². The third-order valence-corrected chi connectivity index (χ3v) is 3.34. The summed E-state index contributed by atoms with van der Waals surface area (Å²) in [4.78, 5) is 14.2. The Bertz CT molecular complexity index is 218. The van der Waals surface area contributed by atoms with Crippen LogP contribution in [0, 0.1) is 5.92 Å². The molecule has 3 heteroatoms. The van der Waals surface area contributed by atoms with Crippen molar-refractivity contribution in [2.24, 2.45) is 5.92 Å². The molecule has 2 atom stereocenters. The number of carbonyl (C=O) groups excluding carboxylic acids is 1. The summed E-state index contributed by atoms with van der Waals surface area (Å²) in [5, 5.41) is 3.36. The zero-order chi connectivity index (χ0) is 12.0. The van der Waals surface area contributed by atoms with Crippen molar-refractivity contribution in [1.82, 2.24) is 10.2 Å². The van der Waals surface area contributed by atoms with Crippen LogP contribution in [0.15, 0.2) is 0 Å². The quantitative estimate of drug-likeness (QED) is 0.727. The van der Waals surface area contributed by atoms with Gasteiger partial charge in [-0.15, -0.1) is 0 Å². The number of hydrogen-bond acceptors (Lipinski definition) is 2. The molecular weight excluding hydrogens is 200 g/mol. The summed E-state index contributed by atoms with van der Waals surface area (Å²) < 4.78 is 0. The second-order valence-corrected chi connectivity index (χ2v) is 5.04. The monoisotopic (exact) mass is 226 g/mol. The molecule has 3 nitrogen and oxygen atoms in total. The van der Waals surface area contributed by atoms with Crippen molar-refractivity contribution in [1.29, 1.82) is 0 Å². The minimum atomic E-state index is 0.205. The van der Waals surface area contributed by atoms with Gasteiger partial charge in [-0.3, -0.25) is 4.79 Å². The van der Waals surface area contributed by atoms with E-state index in [2.05, 4.69) is 26.1 Å². The minimum absolute atomic E-state index is 0.205. The van der Waals surface area contributed by atoms with Gasteiger partial charge in [-0.1, -0.05) is 33.1 Å². The Balaban J connectivity index is 2.31. The molecule has 0 radical (unpaired) electrons. The van der Waals surface area contributed by atoms with Crippen LogP contribution < -0.4 is 5.32 Å². The second kappa shape index (κ2) is 6.89. The van der Waals surface area contributed by atoms with E-state index in [1.165, 1.54) is 19.3 Å². The Morgan fingerprint density at radius 2 is 2.25 bits per heavy atom. The largest absolute Gasteiger partial charge is 0.340 e. The van der Waals surface area contributed by atoms with Crippen molar-refractivity contribution in [3.8, 4) is 0 Å². The summed E-state index contributed by atoms with van der Waals surface area (Å²) >= 11 is 0. The van der Waals surface area contributed by atoms with Crippen LogP contribution in [-0.4, -0.2) is 36.5 Å². The van der Waals surface area contributed by atoms with Crippen LogP contribution in [0.3, 0.4) is 0 Å². The van der Waals surface area contributed by atoms with Gasteiger partial charge in [0.05, 0.1) is 0 Å². The van der Waals surface area contributed by atoms with Crippen molar-refractivity contribution in [3.05, 3.63) is 0 Å². The summed E-state index contributed by atoms with van der Waals surface area (Å²) in [6.45, 7) is 9.10. The van der Waals surface area contributed by atoms with Crippen molar-refractivity contribution >= 4 is 5.91 Å². The summed E-state index contributed by atoms with van der Waals surface area (Å²) in [6.07, 6.45) is 4.71. The lowest BCUT2D eigenvalue weighted by Crippen LogP contribution is -2.52. The molecule has 0 spiro atoms. The maximum Gasteiger partial charge on any atom is 0.225 e. The van der Waals surface area contributed by atoms with Crippen molar-refractivity contribution in [3.63, 3.8) is 0 Å². The molecule has 16 heavy (non-hydrogen) atoms. The first-order valence-electron chi connectivity index (χ1n) is 6.67. The first kappa shape index (κ1) is 13.5. The number of hydrogen-bond donors (Lipinski definition) is 1. The fourth-order valence-electron chi connectivity index (χ4n) is 2.27. The number of amides is 1. The molecule has 1 heterocycles. The van der Waals surface area contributed by atoms with Crippen LogP contribution in [0.4, 0.5) is 0 Å². The fourth-order valence-corrected chi connectivity index (χ4v) is 2.27. The van der Waals surface area contributed by atoms with Crippen LogP contribution in [0.25, 0.3) is 0 Å². The molecule has 0 aromatic carbocycles. The first-order valence-corrected chi connectivity index (χ1v) is 6.67. The van der Waals surface area contributed by atoms with Gasteiger partial charge in [-0.2, -0.15) is 0 Å². The van der Waals surface area contributed by atoms with Crippen LogP contribution in [0.5, 0.6) is 0 Å². The van der Waals surface area contributed by atoms with Gasteiger partial charge in [0.15, 0.2) is 0 Å². The van der Waals surface area contributed by atoms with Gasteiger partial charge in [0.1, 0.15) is 0 Å². The van der Waals surface area contributed by atoms with E-state index in [9.17, 15) is 4.79 Å². The molecule has 1 fully saturated rings. The predicted molar refractivity (Wildman–Crippen MR) is 67.4 cm³/mol. The molecule has 0 aromatic heterocycles. The highest BCUT2D eigenvalue weighted by Gasteiger charge is 2.23. The fraction of sp³-hybridized carbons (Fsp3) is 0.923. The number of nitrogens with one attached hydrogen (secondary N) is 1. The van der Waals surface area contributed by atoms with Gasteiger partial charge in [-0.25, -0.2) is 0 Å². The lowest BCUT2D eigenvalue weighted by atomic mass is 10.0. The van der Waals surface area contributed by atoms with Gasteiger partial charge in [0.25, 0.3) is 0 Å². The molecule has 1 aliphatic heterocycles. The van der Waals surface area contributed by atoms with E-state index < -0.39 is 0 Å². The molecule has 1 amide bonds. The molecule has 0 aromatic rings. The number of piperazine rings is 1. The molecule has 94 valence electrons. The van der Waals surface area contributed by atoms with Crippen LogP contribution in [-0.2, 0) is 4.79 Å². The number of carbonyl (C=O) groups is 1. The molecule has 1 aliphatic rings. The van der Waals surface area contributed by atoms with Gasteiger partial charge in [-0.05, 0) is 13.3 Å². The summed E-state index contributed by atoms with van der Waals surface area (Å²) in [7, 11) is 0. The maximum absolute atomic E-state index is 12.1. The molecule has 1 rings (SSSR count). The van der Waals surface area contributed by atoms with E-state index in [0.29, 0.717) is 11.9 Å².